The van der Waals surface area contributed by atoms with E-state index < -0.39 is 49.4 Å². The molecule has 0 bridgehead atoms. The molecule has 0 saturated heterocycles. The molecule has 4 aliphatic rings. The average Bonchev–Trinajstić information content (AvgIpc) is 1.59. The Morgan fingerprint density at radius 1 is 0.373 bits per heavy atom. The van der Waals surface area contributed by atoms with Crippen LogP contribution in [0.4, 0.5) is 35.1 Å². The van der Waals surface area contributed by atoms with E-state index >= 15 is 0 Å². The molecule has 0 aliphatic heterocycles. The van der Waals surface area contributed by atoms with Gasteiger partial charge in [0.1, 0.15) is 67.1 Å². The molecule has 16 rings (SSSR count). The molecule has 28 heteroatoms. The third-order valence-electron chi connectivity index (χ3n) is 23.0. The number of alkyl halides is 8. The molecule has 0 amide bonds. The third kappa shape index (κ3) is 25.3. The Labute approximate surface area is 725 Å². The van der Waals surface area contributed by atoms with Crippen LogP contribution >= 0.6 is 0 Å². The van der Waals surface area contributed by atoms with Crippen LogP contribution in [0.3, 0.4) is 0 Å². The van der Waals surface area contributed by atoms with Crippen LogP contribution in [-0.2, 0) is 59.4 Å². The summed E-state index contributed by atoms with van der Waals surface area (Å²) in [7, 11) is 4.68. The average molecular weight is 1730 g/mol. The van der Waals surface area contributed by atoms with Crippen LogP contribution < -0.4 is 0 Å². The minimum atomic E-state index is -2.83. The molecular weight excluding hydrogens is 1630 g/mol. The van der Waals surface area contributed by atoms with Gasteiger partial charge in [0.05, 0.1) is 70.4 Å². The molecule has 4 saturated carbocycles. The normalized spacial score (nSPS) is 14.9. The van der Waals surface area contributed by atoms with Crippen LogP contribution in [0.5, 0.6) is 0 Å². The summed E-state index contributed by atoms with van der Waals surface area (Å²) in [5.74, 6) is -10.2. The van der Waals surface area contributed by atoms with E-state index in [-0.39, 0.29) is 74.5 Å². The second-order valence-electron chi connectivity index (χ2n) is 33.8. The molecule has 4 aromatic carbocycles. The van der Waals surface area contributed by atoms with Crippen molar-refractivity contribution in [1.82, 2.24) is 37.5 Å². The second kappa shape index (κ2) is 40.7. The Morgan fingerprint density at radius 3 is 0.913 bits per heavy atom. The van der Waals surface area contributed by atoms with Crippen molar-refractivity contribution in [3.63, 3.8) is 0 Å². The van der Waals surface area contributed by atoms with Gasteiger partial charge >= 0.3 is 0 Å². The maximum Gasteiger partial charge on any atom is 0.245 e. The number of carbonyl (C=O) groups is 4. The summed E-state index contributed by atoms with van der Waals surface area (Å²) >= 11 is 0. The lowest BCUT2D eigenvalue weighted by atomic mass is 9.79. The Morgan fingerprint density at radius 2 is 0.651 bits per heavy atom. The topological polar surface area (TPSA) is 235 Å². The molecule has 126 heavy (non-hydrogen) atoms. The number of nitrogens with zero attached hydrogens (tertiary/aromatic N) is 12. The lowest BCUT2D eigenvalue weighted by molar-refractivity contribution is -0.120. The molecule has 660 valence electrons. The van der Waals surface area contributed by atoms with E-state index in [2.05, 4.69) is 40.6 Å². The molecule has 0 spiro atoms. The maximum atomic E-state index is 13.0. The van der Waals surface area contributed by atoms with Crippen molar-refractivity contribution in [2.24, 2.45) is 44.3 Å². The highest BCUT2D eigenvalue weighted by Crippen LogP contribution is 2.39. The smallest absolute Gasteiger partial charge is 0.245 e. The molecule has 20 nitrogen and oxygen atoms in total. The predicted molar refractivity (Wildman–Crippen MR) is 470 cm³/mol. The summed E-state index contributed by atoms with van der Waals surface area (Å²) in [6.45, 7) is 3.35. The lowest BCUT2D eigenvalue weighted by Crippen LogP contribution is -2.23. The van der Waals surface area contributed by atoms with Crippen LogP contribution in [0.1, 0.15) is 194 Å². The van der Waals surface area contributed by atoms with Gasteiger partial charge in [0, 0.05) is 164 Å². The molecule has 1 N–H and O–H groups in total. The van der Waals surface area contributed by atoms with Crippen LogP contribution in [0.25, 0.3) is 67.6 Å². The number of carbonyl (C=O) groups excluding carboxylic acids is 4. The first-order valence-corrected chi connectivity index (χ1v) is 42.7. The maximum absolute atomic E-state index is 13.0. The van der Waals surface area contributed by atoms with E-state index in [0.29, 0.717) is 29.4 Å². The number of pyridine rings is 4. The standard InChI is InChI=1S/2C25H27F2N3O2.2C24H25F2N3O2/c1-25(26,27)11-9-21(31)14-17-5-3-8-19(13-17)22-16-28-23-15-20(10-12-30(22)23)24(29-32-2)18-6-4-7-18;1-25(26,27)10-8-21(31)13-18-4-3-5-20(12-18)23-16-28-24-15-19(9-11-30(23)24)22(29-32-2)14-17-6-7-17;1-24(25,26)10-8-20(30)13-16-4-3-5-18(12-16)21-15-27-22-14-19(9-11-29(21)22)23(28-31-2)17-6-7-17;1-24(25,26)10-8-20(30)13-16-4-2-7-18(12-16)21-15-27-22-14-19(9-11-29(21)22)23(28-31)17-5-3-6-17/h3,5,8,10,12-13,15-16,18H,4,6-7,9,11,14H2,1-2H3;3-5,9,11-12,15-17H,6-8,10,13-14H2,1-2H3;3-5,9,11-12,14-15,17H,6-8,10,13H2,1-2H3;2,4,7,9,11-12,14-15,17,31H,3,5-6,8,10,13H2,1H3. The fourth-order valence-electron chi connectivity index (χ4n) is 15.4. The van der Waals surface area contributed by atoms with Gasteiger partial charge in [-0.1, -0.05) is 106 Å². The highest BCUT2D eigenvalue weighted by Gasteiger charge is 2.33. The van der Waals surface area contributed by atoms with E-state index in [1.807, 2.05) is 188 Å². The third-order valence-corrected chi connectivity index (χ3v) is 23.0. The second-order valence-corrected chi connectivity index (χ2v) is 33.8. The van der Waals surface area contributed by atoms with Gasteiger partial charge in [0.2, 0.25) is 23.7 Å². The number of hydrogen-bond donors (Lipinski definition) is 1. The Hall–Kier alpha value is -12.4. The molecule has 0 unspecified atom stereocenters. The van der Waals surface area contributed by atoms with Crippen molar-refractivity contribution >= 4 is 68.6 Å². The summed E-state index contributed by atoms with van der Waals surface area (Å²) < 4.78 is 112. The first kappa shape index (κ1) is 91.3. The van der Waals surface area contributed by atoms with Crippen molar-refractivity contribution < 1.29 is 74.0 Å². The first-order chi connectivity index (χ1) is 60.3. The van der Waals surface area contributed by atoms with Crippen LogP contribution in [-0.4, -0.2) is 134 Å². The molecule has 4 aliphatic carbocycles. The molecule has 8 heterocycles. The van der Waals surface area contributed by atoms with Crippen LogP contribution in [0.15, 0.2) is 216 Å². The van der Waals surface area contributed by atoms with Crippen molar-refractivity contribution in [2.75, 3.05) is 21.3 Å². The van der Waals surface area contributed by atoms with Gasteiger partial charge in [0.15, 0.2) is 0 Å². The van der Waals surface area contributed by atoms with Gasteiger partial charge in [-0.2, -0.15) is 0 Å². The van der Waals surface area contributed by atoms with Gasteiger partial charge in [-0.05, 0) is 186 Å². The van der Waals surface area contributed by atoms with Gasteiger partial charge < -0.3 is 19.7 Å². The van der Waals surface area contributed by atoms with Crippen molar-refractivity contribution in [3.8, 4) is 45.0 Å². The van der Waals surface area contributed by atoms with Crippen molar-refractivity contribution in [3.05, 3.63) is 240 Å². The quantitative estimate of drug-likeness (QED) is 0.0167. The monoisotopic (exact) mass is 1730 g/mol. The highest BCUT2D eigenvalue weighted by molar-refractivity contribution is 6.05. The fourth-order valence-corrected chi connectivity index (χ4v) is 15.4. The molecule has 0 atom stereocenters. The Kier molecular flexibility index (Phi) is 29.5. The summed E-state index contributed by atoms with van der Waals surface area (Å²) in [4.78, 5) is 81.8. The number of benzene rings is 4. The summed E-state index contributed by atoms with van der Waals surface area (Å²) in [5, 5.41) is 25.6. The number of imidazole rings is 4. The highest BCUT2D eigenvalue weighted by atomic mass is 19.3. The number of Topliss-reactive ketones (excluding diaryl/α,β-unsaturated/α-hetero) is 4. The number of aromatic nitrogens is 8. The number of hydrogen-bond acceptors (Lipinski definition) is 16. The van der Waals surface area contributed by atoms with E-state index in [9.17, 15) is 59.5 Å². The zero-order valence-electron chi connectivity index (χ0n) is 71.7. The van der Waals surface area contributed by atoms with E-state index in [1.165, 1.54) is 19.3 Å². The molecular formula is C98H104F8N12O8. The fraction of sp³-hybridized carbons (Fsp3) is 0.388. The minimum absolute atomic E-state index is 0.127. The van der Waals surface area contributed by atoms with Gasteiger partial charge in [-0.3, -0.25) is 36.8 Å². The van der Waals surface area contributed by atoms with Crippen LogP contribution in [0, 0.1) is 23.7 Å². The zero-order valence-corrected chi connectivity index (χ0v) is 71.7. The number of halogens is 8. The zero-order chi connectivity index (χ0) is 89.5. The molecule has 8 aromatic heterocycles. The molecule has 0 radical (unpaired) electrons. The van der Waals surface area contributed by atoms with E-state index in [0.717, 1.165) is 208 Å². The summed E-state index contributed by atoms with van der Waals surface area (Å²) in [5.41, 5.74) is 20.9. The molecule has 4 fully saturated rings. The predicted octanol–water partition coefficient (Wildman–Crippen LogP) is 22.2. The van der Waals surface area contributed by atoms with Gasteiger partial charge in [-0.15, -0.1) is 0 Å². The number of fused-ring (bicyclic) bond motifs is 4. The van der Waals surface area contributed by atoms with Crippen molar-refractivity contribution in [2.45, 2.75) is 199 Å². The summed E-state index contributed by atoms with van der Waals surface area (Å²) in [6.07, 6.45) is 25.6. The number of rotatable bonds is 36. The SMILES string of the molecule is CC(F)(F)CCC(=O)Cc1cccc(-c2cnc3cc(C(=NO)C4CCC4)ccn23)c1.CON=C(CC1CC1)c1ccn2c(-c3cccc(CC(=O)CCC(C)(F)F)c3)cnc2c1.CON=C(c1ccn2c(-c3cccc(CC(=O)CCC(C)(F)F)c3)cnc2c1)C1CC1.CON=C(c1ccn2c(-c3cccc(CC(=O)CCC(C)(F)F)c3)cnc2c1)C1CCC1. The van der Waals surface area contributed by atoms with Crippen molar-refractivity contribution in [1.29, 1.82) is 0 Å². The van der Waals surface area contributed by atoms with E-state index in [4.69, 9.17) is 14.5 Å². The summed E-state index contributed by atoms with van der Waals surface area (Å²) in [6, 6.07) is 46.2. The lowest BCUT2D eigenvalue weighted by Gasteiger charge is -2.26. The molecule has 12 aromatic rings. The largest absolute Gasteiger partial charge is 0.411 e. The number of oxime groups is 4. The minimum Gasteiger partial charge on any atom is -0.411 e. The van der Waals surface area contributed by atoms with Gasteiger partial charge in [-0.25, -0.2) is 55.1 Å². The van der Waals surface area contributed by atoms with Crippen LogP contribution in [0.2, 0.25) is 0 Å². The van der Waals surface area contributed by atoms with E-state index in [1.54, 1.807) is 46.1 Å². The van der Waals surface area contributed by atoms with Gasteiger partial charge in [0.25, 0.3) is 0 Å². The Balaban J connectivity index is 0.000000144. The Bertz CT molecular complexity index is 5990. The number of ketones is 4. The first-order valence-electron chi connectivity index (χ1n) is 42.7.